The Kier molecular flexibility index (Phi) is 14.8. The van der Waals surface area contributed by atoms with E-state index in [0.717, 1.165) is 42.6 Å². The van der Waals surface area contributed by atoms with Gasteiger partial charge < -0.3 is 20.7 Å². The van der Waals surface area contributed by atoms with E-state index in [1.807, 2.05) is 47.6 Å². The van der Waals surface area contributed by atoms with Crippen molar-refractivity contribution in [2.75, 3.05) is 5.32 Å². The van der Waals surface area contributed by atoms with Crippen LogP contribution in [0, 0.1) is 32.1 Å². The number of ether oxygens (including phenoxy) is 1. The number of unbranched alkanes of at least 4 members (excludes halogenated alkanes) is 1. The van der Waals surface area contributed by atoms with Crippen LogP contribution in [0.25, 0.3) is 0 Å². The zero-order valence-electron chi connectivity index (χ0n) is 26.4. The second-order valence-corrected chi connectivity index (χ2v) is 11.6. The molecule has 0 aliphatic rings. The molecule has 0 fully saturated rings. The van der Waals surface area contributed by atoms with Gasteiger partial charge in [-0.05, 0) is 90.2 Å². The van der Waals surface area contributed by atoms with Crippen molar-refractivity contribution >= 4 is 5.69 Å². The van der Waals surface area contributed by atoms with E-state index >= 15 is 4.39 Å². The molecule has 5 nitrogen and oxygen atoms in total. The first-order valence-electron chi connectivity index (χ1n) is 14.6. The molecule has 0 aromatic carbocycles. The summed E-state index contributed by atoms with van der Waals surface area (Å²) in [4.78, 5) is 4.36. The fourth-order valence-electron chi connectivity index (χ4n) is 4.51. The van der Waals surface area contributed by atoms with Crippen molar-refractivity contribution < 1.29 is 9.13 Å². The van der Waals surface area contributed by atoms with Gasteiger partial charge in [0.15, 0.2) is 5.88 Å². The van der Waals surface area contributed by atoms with E-state index in [0.29, 0.717) is 29.5 Å². The van der Waals surface area contributed by atoms with Gasteiger partial charge in [-0.15, -0.1) is 6.42 Å². The van der Waals surface area contributed by atoms with Gasteiger partial charge in [-0.25, -0.2) is 4.39 Å². The van der Waals surface area contributed by atoms with E-state index in [1.165, 1.54) is 6.08 Å². The van der Waals surface area contributed by atoms with Crippen LogP contribution in [0.5, 0.6) is 0 Å². The average molecular weight is 553 g/mol. The van der Waals surface area contributed by atoms with Crippen LogP contribution in [0.2, 0.25) is 0 Å². The summed E-state index contributed by atoms with van der Waals surface area (Å²) >= 11 is 0. The van der Waals surface area contributed by atoms with Crippen molar-refractivity contribution in [2.24, 2.45) is 5.92 Å². The molecule has 1 rings (SSSR count). The number of anilines is 1. The summed E-state index contributed by atoms with van der Waals surface area (Å²) in [7, 11) is 0. The maximum absolute atomic E-state index is 15.3. The van der Waals surface area contributed by atoms with Crippen molar-refractivity contribution in [3.8, 4) is 12.3 Å². The molecule has 0 radical (unpaired) electrons. The molecule has 6 heteroatoms. The first-order valence-corrected chi connectivity index (χ1v) is 14.6. The van der Waals surface area contributed by atoms with Crippen molar-refractivity contribution in [1.29, 1.82) is 0 Å². The molecule has 0 bridgehead atoms. The molecule has 1 aromatic heterocycles. The summed E-state index contributed by atoms with van der Waals surface area (Å²) in [6, 6.07) is 1.92. The lowest BCUT2D eigenvalue weighted by atomic mass is 9.88. The van der Waals surface area contributed by atoms with Crippen molar-refractivity contribution in [1.82, 2.24) is 15.6 Å². The third-order valence-corrected chi connectivity index (χ3v) is 6.88. The number of halogens is 1. The number of hydrogen-bond acceptors (Lipinski definition) is 5. The van der Waals surface area contributed by atoms with E-state index in [9.17, 15) is 0 Å². The normalized spacial score (nSPS) is 15.4. The molecule has 0 saturated heterocycles. The highest BCUT2D eigenvalue weighted by Crippen LogP contribution is 2.22. The molecule has 0 spiro atoms. The number of hydrogen-bond donors (Lipinski definition) is 3. The Balaban J connectivity index is 3.15. The van der Waals surface area contributed by atoms with Gasteiger partial charge in [0, 0.05) is 29.5 Å². The average Bonchev–Trinajstić information content (AvgIpc) is 2.87. The fraction of sp³-hybridized carbons (Fsp3) is 0.559. The maximum atomic E-state index is 15.3. The number of rotatable bonds is 17. The number of nitrogens with zero attached hydrogens (tertiary/aromatic N) is 1. The molecule has 40 heavy (non-hydrogen) atoms. The monoisotopic (exact) mass is 552 g/mol. The Hall–Kier alpha value is -3.04. The summed E-state index contributed by atoms with van der Waals surface area (Å²) in [6.45, 7) is 26.7. The Bertz CT molecular complexity index is 1080. The van der Waals surface area contributed by atoms with E-state index in [4.69, 9.17) is 11.2 Å². The van der Waals surface area contributed by atoms with E-state index in [2.05, 4.69) is 60.8 Å². The largest absolute Gasteiger partial charge is 0.474 e. The first kappa shape index (κ1) is 35.0. The van der Waals surface area contributed by atoms with Gasteiger partial charge in [0.2, 0.25) is 0 Å². The zero-order chi connectivity index (χ0) is 30.5. The van der Waals surface area contributed by atoms with Crippen LogP contribution in [0.4, 0.5) is 10.1 Å². The Labute approximate surface area is 243 Å². The van der Waals surface area contributed by atoms with Gasteiger partial charge in [0.05, 0.1) is 17.5 Å². The van der Waals surface area contributed by atoms with Crippen LogP contribution in [0.1, 0.15) is 91.8 Å². The highest BCUT2D eigenvalue weighted by molar-refractivity contribution is 5.57. The Morgan fingerprint density at radius 3 is 2.40 bits per heavy atom. The van der Waals surface area contributed by atoms with Crippen molar-refractivity contribution in [2.45, 2.75) is 118 Å². The van der Waals surface area contributed by atoms with E-state index in [-0.39, 0.29) is 23.7 Å². The molecule has 4 atom stereocenters. The zero-order valence-corrected chi connectivity index (χ0v) is 26.4. The van der Waals surface area contributed by atoms with Gasteiger partial charge in [0.1, 0.15) is 11.4 Å². The number of pyridine rings is 1. The standard InChI is InChI=1S/C34H53FN4O/c1-13-17-18-23(5)33(32(16-4)38-27(9)40-34(10,11)12)39-30(15-3)21-29(35)20-28(14-2)26(8)37-31-19-24(6)25(7)36-22-31/h2,19-23,30,32-33,37-39H,8-9,13,15-18H2,1,3-7,10-12H3/b28-20-,29-21?. The minimum atomic E-state index is -0.407. The van der Waals surface area contributed by atoms with Crippen molar-refractivity contribution in [3.63, 3.8) is 0 Å². The van der Waals surface area contributed by atoms with Gasteiger partial charge in [-0.2, -0.15) is 0 Å². The van der Waals surface area contributed by atoms with Gasteiger partial charge >= 0.3 is 0 Å². The van der Waals surface area contributed by atoms with Crippen LogP contribution in [-0.2, 0) is 4.74 Å². The Morgan fingerprint density at radius 1 is 1.20 bits per heavy atom. The fourth-order valence-corrected chi connectivity index (χ4v) is 4.51. The molecular weight excluding hydrogens is 499 g/mol. The summed E-state index contributed by atoms with van der Waals surface area (Å²) < 4.78 is 21.3. The molecule has 0 amide bonds. The number of nitrogens with one attached hydrogen (secondary N) is 3. The minimum absolute atomic E-state index is 0.0691. The summed E-state index contributed by atoms with van der Waals surface area (Å²) in [5.41, 5.74) is 3.19. The molecule has 4 unspecified atom stereocenters. The van der Waals surface area contributed by atoms with Gasteiger partial charge in [-0.1, -0.05) is 53.0 Å². The van der Waals surface area contributed by atoms with Gasteiger partial charge in [-0.3, -0.25) is 4.98 Å². The lowest BCUT2D eigenvalue weighted by molar-refractivity contribution is 0.0353. The van der Waals surface area contributed by atoms with E-state index in [1.54, 1.807) is 12.3 Å². The molecular formula is C34H53FN4O. The topological polar surface area (TPSA) is 58.2 Å². The van der Waals surface area contributed by atoms with Crippen LogP contribution in [-0.4, -0.2) is 28.7 Å². The van der Waals surface area contributed by atoms with Gasteiger partial charge in [0.25, 0.3) is 0 Å². The van der Waals surface area contributed by atoms with Crippen LogP contribution in [0.15, 0.2) is 60.6 Å². The Morgan fingerprint density at radius 2 is 1.88 bits per heavy atom. The number of aromatic nitrogens is 1. The molecule has 0 aliphatic heterocycles. The molecule has 1 aromatic rings. The summed E-state index contributed by atoms with van der Waals surface area (Å²) in [6.07, 6.45) is 15.3. The van der Waals surface area contributed by atoms with Crippen LogP contribution < -0.4 is 16.0 Å². The number of terminal acetylenes is 1. The summed E-state index contributed by atoms with van der Waals surface area (Å²) in [5.74, 6) is 3.07. The van der Waals surface area contributed by atoms with Crippen LogP contribution in [0.3, 0.4) is 0 Å². The summed E-state index contributed by atoms with van der Waals surface area (Å²) in [5, 5.41) is 10.4. The lowest BCUT2D eigenvalue weighted by Crippen LogP contribution is -2.54. The van der Waals surface area contributed by atoms with Crippen LogP contribution >= 0.6 is 0 Å². The molecule has 3 N–H and O–H groups in total. The third-order valence-electron chi connectivity index (χ3n) is 6.88. The SMILES string of the molecule is C#C/C(=C/C(F)=CC(CC)NC(C(C)CCCC)C(CC)NC(=C)OC(C)(C)C)C(=C)Nc1cnc(C)c(C)c1. The quantitative estimate of drug-likeness (QED) is 0.103. The number of allylic oxidation sites excluding steroid dienone is 3. The van der Waals surface area contributed by atoms with Crippen molar-refractivity contribution in [3.05, 3.63) is 71.8 Å². The number of aryl methyl sites for hydroxylation is 2. The molecule has 1 heterocycles. The highest BCUT2D eigenvalue weighted by atomic mass is 19.1. The highest BCUT2D eigenvalue weighted by Gasteiger charge is 2.28. The van der Waals surface area contributed by atoms with E-state index < -0.39 is 5.83 Å². The predicted molar refractivity (Wildman–Crippen MR) is 169 cm³/mol. The maximum Gasteiger partial charge on any atom is 0.180 e. The lowest BCUT2D eigenvalue weighted by Gasteiger charge is -2.37. The minimum Gasteiger partial charge on any atom is -0.474 e. The third kappa shape index (κ3) is 12.4. The molecule has 0 aliphatic carbocycles. The second kappa shape index (κ2) is 16.9. The smallest absolute Gasteiger partial charge is 0.180 e. The second-order valence-electron chi connectivity index (χ2n) is 11.6. The molecule has 222 valence electrons. The first-order chi connectivity index (χ1) is 18.7. The molecule has 0 saturated carbocycles. The predicted octanol–water partition coefficient (Wildman–Crippen LogP) is 8.25.